The molecule has 0 aromatic heterocycles. The largest absolute Gasteiger partial charge is 0.493 e. The fraction of sp³-hybridized carbons (Fsp3) is 0.115. The average molecular weight is 571 g/mol. The van der Waals surface area contributed by atoms with E-state index < -0.39 is 23.6 Å². The zero-order valence-corrected chi connectivity index (χ0v) is 21.4. The Labute approximate surface area is 219 Å². The third kappa shape index (κ3) is 6.13. The molecule has 1 fully saturated rings. The Morgan fingerprint density at radius 2 is 1.89 bits per heavy atom. The van der Waals surface area contributed by atoms with Gasteiger partial charge >= 0.3 is 0 Å². The number of hydrogen-bond acceptors (Lipinski definition) is 6. The minimum absolute atomic E-state index is 0.121. The van der Waals surface area contributed by atoms with Crippen molar-refractivity contribution in [3.8, 4) is 11.5 Å². The molecule has 10 heteroatoms. The monoisotopic (exact) mass is 570 g/mol. The first-order chi connectivity index (χ1) is 17.3. The predicted octanol–water partition coefficient (Wildman–Crippen LogP) is 5.85. The molecule has 3 aromatic carbocycles. The van der Waals surface area contributed by atoms with E-state index in [1.54, 1.807) is 54.6 Å². The van der Waals surface area contributed by atoms with Crippen molar-refractivity contribution in [3.05, 3.63) is 93.1 Å². The van der Waals surface area contributed by atoms with Crippen LogP contribution in [-0.2, 0) is 16.2 Å². The maximum atomic E-state index is 13.4. The predicted molar refractivity (Wildman–Crippen MR) is 139 cm³/mol. The molecule has 1 heterocycles. The second-order valence-corrected chi connectivity index (χ2v) is 9.48. The zero-order chi connectivity index (χ0) is 25.7. The first-order valence-corrected chi connectivity index (χ1v) is 12.3. The van der Waals surface area contributed by atoms with Gasteiger partial charge in [-0.1, -0.05) is 30.3 Å². The van der Waals surface area contributed by atoms with Gasteiger partial charge in [-0.3, -0.25) is 19.3 Å². The first kappa shape index (κ1) is 25.5. The molecule has 0 saturated carbocycles. The Balaban J connectivity index is 1.47. The highest BCUT2D eigenvalue weighted by Gasteiger charge is 2.36. The average Bonchev–Trinajstić information content (AvgIpc) is 3.11. The van der Waals surface area contributed by atoms with Gasteiger partial charge in [0, 0.05) is 5.69 Å². The maximum Gasteiger partial charge on any atom is 0.294 e. The molecule has 0 atom stereocenters. The molecule has 0 radical (unpaired) electrons. The lowest BCUT2D eigenvalue weighted by Crippen LogP contribution is -2.36. The van der Waals surface area contributed by atoms with Crippen LogP contribution >= 0.6 is 27.7 Å². The van der Waals surface area contributed by atoms with Gasteiger partial charge in [-0.05, 0) is 81.3 Å². The van der Waals surface area contributed by atoms with Crippen molar-refractivity contribution in [2.24, 2.45) is 0 Å². The number of rotatable bonds is 8. The van der Waals surface area contributed by atoms with Crippen LogP contribution in [0, 0.1) is 5.82 Å². The third-order valence-electron chi connectivity index (χ3n) is 5.05. The molecule has 1 aliphatic rings. The van der Waals surface area contributed by atoms with Gasteiger partial charge in [0.05, 0.1) is 16.5 Å². The van der Waals surface area contributed by atoms with Gasteiger partial charge < -0.3 is 14.8 Å². The van der Waals surface area contributed by atoms with Crippen molar-refractivity contribution in [2.75, 3.05) is 19.0 Å². The highest BCUT2D eigenvalue weighted by atomic mass is 79.9. The Bertz CT molecular complexity index is 1350. The van der Waals surface area contributed by atoms with Crippen LogP contribution in [0.4, 0.5) is 14.9 Å². The van der Waals surface area contributed by atoms with Crippen LogP contribution in [0.3, 0.4) is 0 Å². The van der Waals surface area contributed by atoms with Gasteiger partial charge in [0.2, 0.25) is 5.91 Å². The number of halogens is 2. The SMILES string of the molecule is COc1cc(/C=C2/SC(=O)N(CC(=O)Nc3ccccc3)C2=O)cc(Br)c1OCc1cccc(F)c1. The second kappa shape index (κ2) is 11.4. The number of amides is 3. The number of para-hydroxylation sites is 1. The summed E-state index contributed by atoms with van der Waals surface area (Å²) in [6.07, 6.45) is 1.55. The molecule has 1 aliphatic heterocycles. The van der Waals surface area contributed by atoms with Crippen LogP contribution in [-0.4, -0.2) is 35.6 Å². The summed E-state index contributed by atoms with van der Waals surface area (Å²) in [5.74, 6) is -0.606. The smallest absolute Gasteiger partial charge is 0.294 e. The van der Waals surface area contributed by atoms with Gasteiger partial charge in [-0.25, -0.2) is 4.39 Å². The number of hydrogen-bond donors (Lipinski definition) is 1. The maximum absolute atomic E-state index is 13.4. The Morgan fingerprint density at radius 3 is 2.61 bits per heavy atom. The highest BCUT2D eigenvalue weighted by Crippen LogP contribution is 2.39. The number of imide groups is 1. The number of methoxy groups -OCH3 is 1. The van der Waals surface area contributed by atoms with Gasteiger partial charge in [-0.2, -0.15) is 0 Å². The summed E-state index contributed by atoms with van der Waals surface area (Å²) in [5.41, 5.74) is 1.80. The van der Waals surface area contributed by atoms with Crippen molar-refractivity contribution >= 4 is 56.5 Å². The molecular weight excluding hydrogens is 551 g/mol. The molecule has 3 aromatic rings. The van der Waals surface area contributed by atoms with Crippen molar-refractivity contribution in [1.29, 1.82) is 0 Å². The van der Waals surface area contributed by atoms with Crippen molar-refractivity contribution in [1.82, 2.24) is 4.90 Å². The zero-order valence-electron chi connectivity index (χ0n) is 19.0. The molecule has 3 amide bonds. The molecule has 1 N–H and O–H groups in total. The van der Waals surface area contributed by atoms with Crippen LogP contribution in [0.15, 0.2) is 76.1 Å². The summed E-state index contributed by atoms with van der Waals surface area (Å²) < 4.78 is 25.3. The topological polar surface area (TPSA) is 84.9 Å². The molecule has 4 rings (SSSR count). The molecule has 184 valence electrons. The van der Waals surface area contributed by atoms with Crippen molar-refractivity contribution in [2.45, 2.75) is 6.61 Å². The van der Waals surface area contributed by atoms with E-state index in [1.165, 1.54) is 19.2 Å². The number of anilines is 1. The van der Waals surface area contributed by atoms with Crippen LogP contribution in [0.25, 0.3) is 6.08 Å². The van der Waals surface area contributed by atoms with E-state index in [2.05, 4.69) is 21.2 Å². The normalized spacial score (nSPS) is 14.3. The number of nitrogens with one attached hydrogen (secondary N) is 1. The van der Waals surface area contributed by atoms with E-state index in [1.807, 2.05) is 6.07 Å². The van der Waals surface area contributed by atoms with E-state index in [-0.39, 0.29) is 17.3 Å². The lowest BCUT2D eigenvalue weighted by molar-refractivity contribution is -0.127. The summed E-state index contributed by atoms with van der Waals surface area (Å²) in [6.45, 7) is -0.271. The minimum Gasteiger partial charge on any atom is -0.493 e. The van der Waals surface area contributed by atoms with E-state index in [0.29, 0.717) is 32.8 Å². The molecule has 0 aliphatic carbocycles. The molecule has 36 heavy (non-hydrogen) atoms. The van der Waals surface area contributed by atoms with Gasteiger partial charge in [0.15, 0.2) is 11.5 Å². The standard InChI is InChI=1S/C26H20BrFN2O5S/c1-34-21-12-17(11-20(27)24(21)35-15-16-6-5-7-18(28)10-16)13-22-25(32)30(26(33)36-22)14-23(31)29-19-8-3-2-4-9-19/h2-13H,14-15H2,1H3,(H,29,31)/b22-13+. The van der Waals surface area contributed by atoms with E-state index in [9.17, 15) is 18.8 Å². The number of thioether (sulfide) groups is 1. The molecule has 1 saturated heterocycles. The van der Waals surface area contributed by atoms with Crippen molar-refractivity contribution < 1.29 is 28.2 Å². The molecule has 0 spiro atoms. The molecule has 7 nitrogen and oxygen atoms in total. The Kier molecular flexibility index (Phi) is 8.07. The summed E-state index contributed by atoms with van der Waals surface area (Å²) in [7, 11) is 1.47. The second-order valence-electron chi connectivity index (χ2n) is 7.63. The summed E-state index contributed by atoms with van der Waals surface area (Å²) >= 11 is 4.20. The van der Waals surface area contributed by atoms with Crippen LogP contribution < -0.4 is 14.8 Å². The molecular formula is C26H20BrFN2O5S. The van der Waals surface area contributed by atoms with E-state index >= 15 is 0 Å². The number of carbonyl (C=O) groups is 3. The van der Waals surface area contributed by atoms with Crippen LogP contribution in [0.1, 0.15) is 11.1 Å². The number of carbonyl (C=O) groups excluding carboxylic acids is 3. The van der Waals surface area contributed by atoms with Crippen LogP contribution in [0.5, 0.6) is 11.5 Å². The number of nitrogens with zero attached hydrogens (tertiary/aromatic N) is 1. The third-order valence-corrected chi connectivity index (χ3v) is 6.55. The minimum atomic E-state index is -0.560. The summed E-state index contributed by atoms with van der Waals surface area (Å²) in [4.78, 5) is 38.7. The Hall–Kier alpha value is -3.63. The molecule has 0 unspecified atom stereocenters. The fourth-order valence-electron chi connectivity index (χ4n) is 3.40. The van der Waals surface area contributed by atoms with Gasteiger partial charge in [0.25, 0.3) is 11.1 Å². The van der Waals surface area contributed by atoms with E-state index in [0.717, 1.165) is 16.7 Å². The van der Waals surface area contributed by atoms with Crippen LogP contribution in [0.2, 0.25) is 0 Å². The first-order valence-electron chi connectivity index (χ1n) is 10.7. The number of benzene rings is 3. The van der Waals surface area contributed by atoms with Crippen molar-refractivity contribution in [3.63, 3.8) is 0 Å². The van der Waals surface area contributed by atoms with E-state index in [4.69, 9.17) is 9.47 Å². The quantitative estimate of drug-likeness (QED) is 0.342. The van der Waals surface area contributed by atoms with Gasteiger partial charge in [0.1, 0.15) is 19.0 Å². The lowest BCUT2D eigenvalue weighted by Gasteiger charge is -2.14. The fourth-order valence-corrected chi connectivity index (χ4v) is 4.81. The Morgan fingerprint density at radius 1 is 1.11 bits per heavy atom. The highest BCUT2D eigenvalue weighted by molar-refractivity contribution is 9.10. The summed E-state index contributed by atoms with van der Waals surface area (Å²) in [5, 5.41) is 2.13. The summed E-state index contributed by atoms with van der Waals surface area (Å²) in [6, 6.07) is 18.2. The van der Waals surface area contributed by atoms with Gasteiger partial charge in [-0.15, -0.1) is 0 Å². The lowest BCUT2D eigenvalue weighted by atomic mass is 10.1. The molecule has 0 bridgehead atoms. The number of ether oxygens (including phenoxy) is 2.